The third-order valence-electron chi connectivity index (χ3n) is 2.64. The number of aromatic nitrogens is 1. The van der Waals surface area contributed by atoms with Crippen LogP contribution in [-0.4, -0.2) is 23.3 Å². The molecule has 1 aromatic carbocycles. The van der Waals surface area contributed by atoms with Crippen LogP contribution in [0.2, 0.25) is 0 Å². The first kappa shape index (κ1) is 13.7. The van der Waals surface area contributed by atoms with E-state index in [-0.39, 0.29) is 11.8 Å². The maximum atomic E-state index is 12.0. The van der Waals surface area contributed by atoms with Crippen molar-refractivity contribution in [1.29, 1.82) is 0 Å². The molecule has 1 aromatic heterocycles. The topological polar surface area (TPSA) is 71.1 Å². The maximum Gasteiger partial charge on any atom is 0.257 e. The van der Waals surface area contributed by atoms with Crippen molar-refractivity contribution >= 4 is 17.5 Å². The second kappa shape index (κ2) is 6.47. The van der Waals surface area contributed by atoms with Crippen molar-refractivity contribution in [3.63, 3.8) is 0 Å². The van der Waals surface area contributed by atoms with Crippen LogP contribution in [0.15, 0.2) is 48.8 Å². The Kier molecular flexibility index (Phi) is 4.44. The third-order valence-corrected chi connectivity index (χ3v) is 2.64. The molecule has 5 nitrogen and oxygen atoms in total. The Labute approximate surface area is 117 Å². The van der Waals surface area contributed by atoms with Crippen molar-refractivity contribution < 1.29 is 9.59 Å². The molecule has 0 spiro atoms. The fraction of sp³-hybridized carbons (Fsp3) is 0.133. The summed E-state index contributed by atoms with van der Waals surface area (Å²) in [5.74, 6) is -0.420. The van der Waals surface area contributed by atoms with Crippen molar-refractivity contribution in [2.45, 2.75) is 6.92 Å². The molecule has 2 amide bonds. The molecule has 2 N–H and O–H groups in total. The van der Waals surface area contributed by atoms with E-state index in [0.717, 1.165) is 0 Å². The molecule has 2 rings (SSSR count). The van der Waals surface area contributed by atoms with E-state index in [1.807, 2.05) is 6.92 Å². The van der Waals surface area contributed by atoms with Crippen LogP contribution in [0.4, 0.5) is 5.69 Å². The number of hydrogen-bond donors (Lipinski definition) is 2. The van der Waals surface area contributed by atoms with Gasteiger partial charge in [0.1, 0.15) is 0 Å². The van der Waals surface area contributed by atoms with Crippen molar-refractivity contribution in [3.8, 4) is 0 Å². The Balaban J connectivity index is 2.12. The SMILES string of the molecule is CCNC(=O)c1cccc(NC(=O)c2cccnc2)c1. The second-order valence-electron chi connectivity index (χ2n) is 4.14. The van der Waals surface area contributed by atoms with Crippen LogP contribution >= 0.6 is 0 Å². The number of nitrogens with one attached hydrogen (secondary N) is 2. The summed E-state index contributed by atoms with van der Waals surface area (Å²) in [7, 11) is 0. The third kappa shape index (κ3) is 3.41. The van der Waals surface area contributed by atoms with Crippen molar-refractivity contribution in [2.24, 2.45) is 0 Å². The first-order valence-corrected chi connectivity index (χ1v) is 6.30. The monoisotopic (exact) mass is 269 g/mol. The summed E-state index contributed by atoms with van der Waals surface area (Å²) in [5, 5.41) is 5.45. The highest BCUT2D eigenvalue weighted by molar-refractivity contribution is 6.04. The van der Waals surface area contributed by atoms with Gasteiger partial charge in [-0.15, -0.1) is 0 Å². The van der Waals surface area contributed by atoms with E-state index in [1.165, 1.54) is 6.20 Å². The number of amides is 2. The molecular formula is C15H15N3O2. The molecule has 2 aromatic rings. The molecule has 20 heavy (non-hydrogen) atoms. The maximum absolute atomic E-state index is 12.0. The van der Waals surface area contributed by atoms with Gasteiger partial charge in [0.25, 0.3) is 11.8 Å². The number of rotatable bonds is 4. The molecular weight excluding hydrogens is 254 g/mol. The van der Waals surface area contributed by atoms with E-state index in [0.29, 0.717) is 23.4 Å². The van der Waals surface area contributed by atoms with Gasteiger partial charge >= 0.3 is 0 Å². The molecule has 0 saturated carbocycles. The Hall–Kier alpha value is -2.69. The normalized spacial score (nSPS) is 9.85. The zero-order valence-corrected chi connectivity index (χ0v) is 11.1. The van der Waals surface area contributed by atoms with Gasteiger partial charge in [-0.05, 0) is 37.3 Å². The quantitative estimate of drug-likeness (QED) is 0.892. The highest BCUT2D eigenvalue weighted by Gasteiger charge is 2.08. The summed E-state index contributed by atoms with van der Waals surface area (Å²) in [6.07, 6.45) is 3.09. The summed E-state index contributed by atoms with van der Waals surface area (Å²) in [5.41, 5.74) is 1.55. The smallest absolute Gasteiger partial charge is 0.257 e. The molecule has 0 bridgehead atoms. The van der Waals surface area contributed by atoms with Gasteiger partial charge in [0.2, 0.25) is 0 Å². The molecule has 5 heteroatoms. The Morgan fingerprint density at radius 1 is 1.10 bits per heavy atom. The summed E-state index contributed by atoms with van der Waals surface area (Å²) in [6.45, 7) is 2.41. The fourth-order valence-electron chi connectivity index (χ4n) is 1.70. The first-order chi connectivity index (χ1) is 9.70. The number of hydrogen-bond acceptors (Lipinski definition) is 3. The van der Waals surface area contributed by atoms with Gasteiger partial charge in [0.15, 0.2) is 0 Å². The minimum absolute atomic E-state index is 0.162. The number of carbonyl (C=O) groups excluding carboxylic acids is 2. The minimum atomic E-state index is -0.258. The minimum Gasteiger partial charge on any atom is -0.352 e. The second-order valence-corrected chi connectivity index (χ2v) is 4.14. The lowest BCUT2D eigenvalue weighted by Crippen LogP contribution is -2.22. The van der Waals surface area contributed by atoms with E-state index in [2.05, 4.69) is 15.6 Å². The average molecular weight is 269 g/mol. The van der Waals surface area contributed by atoms with E-state index in [1.54, 1.807) is 42.6 Å². The van der Waals surface area contributed by atoms with Crippen LogP contribution in [0.25, 0.3) is 0 Å². The number of anilines is 1. The van der Waals surface area contributed by atoms with Gasteiger partial charge in [-0.25, -0.2) is 0 Å². The van der Waals surface area contributed by atoms with Crippen molar-refractivity contribution in [2.75, 3.05) is 11.9 Å². The average Bonchev–Trinajstić information content (AvgIpc) is 2.48. The summed E-state index contributed by atoms with van der Waals surface area (Å²) >= 11 is 0. The van der Waals surface area contributed by atoms with E-state index < -0.39 is 0 Å². The molecule has 0 radical (unpaired) electrons. The Morgan fingerprint density at radius 2 is 1.90 bits per heavy atom. The van der Waals surface area contributed by atoms with Crippen LogP contribution in [0.5, 0.6) is 0 Å². The summed E-state index contributed by atoms with van der Waals surface area (Å²) < 4.78 is 0. The highest BCUT2D eigenvalue weighted by Crippen LogP contribution is 2.12. The number of benzene rings is 1. The van der Waals surface area contributed by atoms with Gasteiger partial charge in [0, 0.05) is 30.2 Å². The van der Waals surface area contributed by atoms with Gasteiger partial charge < -0.3 is 10.6 Å². The van der Waals surface area contributed by atoms with E-state index >= 15 is 0 Å². The molecule has 0 fully saturated rings. The van der Waals surface area contributed by atoms with Gasteiger partial charge in [-0.2, -0.15) is 0 Å². The largest absolute Gasteiger partial charge is 0.352 e. The zero-order chi connectivity index (χ0) is 14.4. The molecule has 0 aliphatic carbocycles. The Morgan fingerprint density at radius 3 is 2.60 bits per heavy atom. The standard InChI is InChI=1S/C15H15N3O2/c1-2-17-14(19)11-5-3-7-13(9-11)18-15(20)12-6-4-8-16-10-12/h3-10H,2H2,1H3,(H,17,19)(H,18,20). The molecule has 0 unspecified atom stereocenters. The van der Waals surface area contributed by atoms with Crippen LogP contribution in [-0.2, 0) is 0 Å². The summed E-state index contributed by atoms with van der Waals surface area (Å²) in [4.78, 5) is 27.6. The van der Waals surface area contributed by atoms with Crippen molar-refractivity contribution in [1.82, 2.24) is 10.3 Å². The lowest BCUT2D eigenvalue weighted by atomic mass is 10.1. The highest BCUT2D eigenvalue weighted by atomic mass is 16.2. The number of carbonyl (C=O) groups is 2. The molecule has 1 heterocycles. The van der Waals surface area contributed by atoms with Crippen molar-refractivity contribution in [3.05, 3.63) is 59.9 Å². The van der Waals surface area contributed by atoms with E-state index in [4.69, 9.17) is 0 Å². The first-order valence-electron chi connectivity index (χ1n) is 6.30. The van der Waals surface area contributed by atoms with Crippen LogP contribution < -0.4 is 10.6 Å². The van der Waals surface area contributed by atoms with Crippen LogP contribution in [0.1, 0.15) is 27.6 Å². The lowest BCUT2D eigenvalue weighted by Gasteiger charge is -2.07. The summed E-state index contributed by atoms with van der Waals surface area (Å²) in [6, 6.07) is 10.2. The predicted octanol–water partition coefficient (Wildman–Crippen LogP) is 2.08. The van der Waals surface area contributed by atoms with Crippen LogP contribution in [0, 0.1) is 0 Å². The van der Waals surface area contributed by atoms with Gasteiger partial charge in [0.05, 0.1) is 5.56 Å². The Bertz CT molecular complexity index is 612. The molecule has 0 saturated heterocycles. The van der Waals surface area contributed by atoms with Crippen LogP contribution in [0.3, 0.4) is 0 Å². The van der Waals surface area contributed by atoms with Gasteiger partial charge in [-0.3, -0.25) is 14.6 Å². The number of pyridine rings is 1. The van der Waals surface area contributed by atoms with Gasteiger partial charge in [-0.1, -0.05) is 6.07 Å². The lowest BCUT2D eigenvalue weighted by molar-refractivity contribution is 0.0954. The van der Waals surface area contributed by atoms with E-state index in [9.17, 15) is 9.59 Å². The fourth-order valence-corrected chi connectivity index (χ4v) is 1.70. The molecule has 0 aliphatic heterocycles. The molecule has 0 aliphatic rings. The molecule has 0 atom stereocenters. The number of nitrogens with zero attached hydrogens (tertiary/aromatic N) is 1. The predicted molar refractivity (Wildman–Crippen MR) is 76.6 cm³/mol. The molecule has 102 valence electrons. The zero-order valence-electron chi connectivity index (χ0n) is 11.1.